The smallest absolute Gasteiger partial charge is 0.238 e. The Morgan fingerprint density at radius 3 is 2.42 bits per heavy atom. The average molecular weight is 546 g/mol. The fourth-order valence-electron chi connectivity index (χ4n) is 6.78. The summed E-state index contributed by atoms with van der Waals surface area (Å²) in [7, 11) is 0. The quantitative estimate of drug-likeness (QED) is 0.323. The van der Waals surface area contributed by atoms with Crippen LogP contribution in [0.4, 0.5) is 11.4 Å². The number of hydrogen-bond donors (Lipinski definition) is 1. The molecule has 0 saturated carbocycles. The third-order valence-electron chi connectivity index (χ3n) is 8.43. The largest absolute Gasteiger partial charge is 0.352 e. The lowest BCUT2D eigenvalue weighted by molar-refractivity contribution is -0.121. The molecule has 196 valence electrons. The molecule has 3 aliphatic heterocycles. The van der Waals surface area contributed by atoms with Crippen LogP contribution in [0.5, 0.6) is 0 Å². The predicted octanol–water partition coefficient (Wildman–Crippen LogP) is 5.90. The third kappa shape index (κ3) is 3.36. The minimum Gasteiger partial charge on any atom is -0.352 e. The number of amides is 1. The molecule has 3 aromatic carbocycles. The van der Waals surface area contributed by atoms with Gasteiger partial charge in [-0.3, -0.25) is 19.4 Å². The summed E-state index contributed by atoms with van der Waals surface area (Å²) in [6, 6.07) is 21.9. The standard InChI is InChI=1S/C33H24ClN3O3/c1-19-6-12-26-22(18-19)9-13-27-33(24-4-2-3-5-25(24)36-32(33)40)28(30(38)21-14-16-35-17-15-21)29(37(26)27)31(39)20-7-10-23(34)11-8-20/h2-18,27-29H,1H3,(H,36,40)/t27-,28+,29-,33-/m0/s1. The maximum atomic E-state index is 14.6. The zero-order chi connectivity index (χ0) is 27.6. The molecule has 7 heteroatoms. The molecule has 1 spiro atoms. The Hall–Kier alpha value is -4.55. The van der Waals surface area contributed by atoms with Crippen LogP contribution in [0.1, 0.15) is 37.4 Å². The van der Waals surface area contributed by atoms with Gasteiger partial charge in [0.25, 0.3) is 0 Å². The van der Waals surface area contributed by atoms with Crippen LogP contribution in [0, 0.1) is 12.8 Å². The molecule has 4 atom stereocenters. The molecular weight excluding hydrogens is 522 g/mol. The van der Waals surface area contributed by atoms with Gasteiger partial charge in [-0.15, -0.1) is 0 Å². The van der Waals surface area contributed by atoms with E-state index >= 15 is 0 Å². The van der Waals surface area contributed by atoms with Crippen molar-refractivity contribution >= 4 is 46.5 Å². The van der Waals surface area contributed by atoms with Crippen LogP contribution in [0.2, 0.25) is 5.02 Å². The molecule has 1 N–H and O–H groups in total. The molecule has 4 heterocycles. The van der Waals surface area contributed by atoms with E-state index in [1.165, 1.54) is 0 Å². The molecular formula is C33H24ClN3O3. The number of nitrogens with one attached hydrogen (secondary N) is 1. The van der Waals surface area contributed by atoms with Crippen LogP contribution >= 0.6 is 11.6 Å². The second-order valence-corrected chi connectivity index (χ2v) is 11.0. The molecule has 7 rings (SSSR count). The highest BCUT2D eigenvalue weighted by Gasteiger charge is 2.70. The van der Waals surface area contributed by atoms with Crippen molar-refractivity contribution in [3.63, 3.8) is 0 Å². The van der Waals surface area contributed by atoms with Gasteiger partial charge in [-0.2, -0.15) is 0 Å². The lowest BCUT2D eigenvalue weighted by atomic mass is 9.64. The number of pyridine rings is 1. The van der Waals surface area contributed by atoms with Gasteiger partial charge in [0.2, 0.25) is 5.91 Å². The van der Waals surface area contributed by atoms with Crippen molar-refractivity contribution in [1.29, 1.82) is 0 Å². The second-order valence-electron chi connectivity index (χ2n) is 10.5. The number of benzene rings is 3. The number of aryl methyl sites for hydroxylation is 1. The number of fused-ring (bicyclic) bond motifs is 6. The Bertz CT molecular complexity index is 1730. The van der Waals surface area contributed by atoms with E-state index in [9.17, 15) is 14.4 Å². The highest BCUT2D eigenvalue weighted by molar-refractivity contribution is 6.30. The van der Waals surface area contributed by atoms with E-state index in [1.807, 2.05) is 60.4 Å². The number of aromatic nitrogens is 1. The van der Waals surface area contributed by atoms with Gasteiger partial charge in [-0.1, -0.05) is 53.6 Å². The highest BCUT2D eigenvalue weighted by Crippen LogP contribution is 2.58. The number of carbonyl (C=O) groups excluding carboxylic acids is 3. The molecule has 1 amide bonds. The lowest BCUT2D eigenvalue weighted by Crippen LogP contribution is -2.51. The SMILES string of the molecule is Cc1ccc2c(c1)C=C[C@@H]1N2[C@H](C(=O)c2ccc(Cl)cc2)[C@H](C(=O)c2ccncc2)[C@@]12C(=O)Nc1ccccc12. The van der Waals surface area contributed by atoms with Crippen molar-refractivity contribution in [3.8, 4) is 0 Å². The Balaban J connectivity index is 1.54. The molecule has 0 unspecified atom stereocenters. The number of nitrogens with zero attached hydrogens (tertiary/aromatic N) is 2. The van der Waals surface area contributed by atoms with E-state index in [-0.39, 0.29) is 17.5 Å². The van der Waals surface area contributed by atoms with Crippen LogP contribution in [0.3, 0.4) is 0 Å². The first-order valence-electron chi connectivity index (χ1n) is 13.1. The number of para-hydroxylation sites is 1. The van der Waals surface area contributed by atoms with Crippen molar-refractivity contribution in [2.24, 2.45) is 5.92 Å². The van der Waals surface area contributed by atoms with E-state index in [4.69, 9.17) is 11.6 Å². The van der Waals surface area contributed by atoms with E-state index in [0.29, 0.717) is 27.4 Å². The monoisotopic (exact) mass is 545 g/mol. The number of halogens is 1. The van der Waals surface area contributed by atoms with Gasteiger partial charge in [-0.25, -0.2) is 0 Å². The first kappa shape index (κ1) is 24.5. The summed E-state index contributed by atoms with van der Waals surface area (Å²) < 4.78 is 0. The van der Waals surface area contributed by atoms with E-state index < -0.39 is 23.4 Å². The van der Waals surface area contributed by atoms with Gasteiger partial charge >= 0.3 is 0 Å². The molecule has 0 radical (unpaired) electrons. The maximum Gasteiger partial charge on any atom is 0.238 e. The van der Waals surface area contributed by atoms with Gasteiger partial charge in [0, 0.05) is 39.9 Å². The second kappa shape index (κ2) is 9.00. The fraction of sp³-hybridized carbons (Fsp3) is 0.152. The van der Waals surface area contributed by atoms with E-state index in [1.54, 1.807) is 48.8 Å². The molecule has 0 aliphatic carbocycles. The first-order chi connectivity index (χ1) is 19.4. The maximum absolute atomic E-state index is 14.6. The molecule has 6 nitrogen and oxygen atoms in total. The zero-order valence-electron chi connectivity index (χ0n) is 21.5. The topological polar surface area (TPSA) is 79.4 Å². The number of rotatable bonds is 4. The van der Waals surface area contributed by atoms with Crippen LogP contribution in [0.15, 0.2) is 97.3 Å². The Labute approximate surface area is 236 Å². The normalized spacial score (nSPS) is 23.9. The van der Waals surface area contributed by atoms with Crippen LogP contribution < -0.4 is 10.2 Å². The number of carbonyl (C=O) groups is 3. The predicted molar refractivity (Wildman–Crippen MR) is 155 cm³/mol. The van der Waals surface area contributed by atoms with Crippen molar-refractivity contribution in [2.45, 2.75) is 24.4 Å². The van der Waals surface area contributed by atoms with Gasteiger partial charge in [0.05, 0.1) is 12.0 Å². The summed E-state index contributed by atoms with van der Waals surface area (Å²) >= 11 is 6.16. The van der Waals surface area contributed by atoms with Crippen molar-refractivity contribution in [3.05, 3.63) is 130 Å². The highest BCUT2D eigenvalue weighted by atomic mass is 35.5. The molecule has 3 aliphatic rings. The molecule has 1 aromatic heterocycles. The molecule has 0 bridgehead atoms. The van der Waals surface area contributed by atoms with Gasteiger partial charge < -0.3 is 10.2 Å². The summed E-state index contributed by atoms with van der Waals surface area (Å²) in [5.41, 5.74) is 3.67. The number of ketones is 2. The van der Waals surface area contributed by atoms with Crippen molar-refractivity contribution in [1.82, 2.24) is 4.98 Å². The number of hydrogen-bond acceptors (Lipinski definition) is 5. The minimum absolute atomic E-state index is 0.245. The fourth-order valence-corrected chi connectivity index (χ4v) is 6.91. The third-order valence-corrected chi connectivity index (χ3v) is 8.68. The summed E-state index contributed by atoms with van der Waals surface area (Å²) in [5, 5.41) is 3.55. The van der Waals surface area contributed by atoms with Crippen LogP contribution in [-0.2, 0) is 10.2 Å². The number of anilines is 2. The summed E-state index contributed by atoms with van der Waals surface area (Å²) in [4.78, 5) is 49.6. The summed E-state index contributed by atoms with van der Waals surface area (Å²) in [5.74, 6) is -1.84. The molecule has 4 aromatic rings. The van der Waals surface area contributed by atoms with E-state index in [2.05, 4.69) is 16.4 Å². The van der Waals surface area contributed by atoms with E-state index in [0.717, 1.165) is 16.8 Å². The Kier molecular flexibility index (Phi) is 5.51. The van der Waals surface area contributed by atoms with Gasteiger partial charge in [-0.05, 0) is 72.6 Å². The summed E-state index contributed by atoms with van der Waals surface area (Å²) in [6.07, 6.45) is 7.09. The minimum atomic E-state index is -1.34. The molecule has 40 heavy (non-hydrogen) atoms. The zero-order valence-corrected chi connectivity index (χ0v) is 22.3. The average Bonchev–Trinajstić information content (AvgIpc) is 3.45. The Morgan fingerprint density at radius 1 is 0.925 bits per heavy atom. The summed E-state index contributed by atoms with van der Waals surface area (Å²) in [6.45, 7) is 2.01. The van der Waals surface area contributed by atoms with Crippen molar-refractivity contribution in [2.75, 3.05) is 10.2 Å². The van der Waals surface area contributed by atoms with Gasteiger partial charge in [0.1, 0.15) is 11.5 Å². The first-order valence-corrected chi connectivity index (χ1v) is 13.5. The van der Waals surface area contributed by atoms with Crippen LogP contribution in [-0.4, -0.2) is 34.5 Å². The molecule has 1 fully saturated rings. The Morgan fingerprint density at radius 2 is 1.65 bits per heavy atom. The van der Waals surface area contributed by atoms with Crippen molar-refractivity contribution < 1.29 is 14.4 Å². The molecule has 1 saturated heterocycles. The van der Waals surface area contributed by atoms with Gasteiger partial charge in [0.15, 0.2) is 11.6 Å². The van der Waals surface area contributed by atoms with Crippen LogP contribution in [0.25, 0.3) is 6.08 Å². The number of Topliss-reactive ketones (excluding diaryl/α,β-unsaturated/α-hetero) is 2. The lowest BCUT2D eigenvalue weighted by Gasteiger charge is -2.37.